The highest BCUT2D eigenvalue weighted by atomic mass is 19.1. The fourth-order valence-electron chi connectivity index (χ4n) is 3.40. The van der Waals surface area contributed by atoms with Crippen molar-refractivity contribution in [2.45, 2.75) is 44.7 Å². The van der Waals surface area contributed by atoms with E-state index in [0.29, 0.717) is 5.69 Å². The monoisotopic (exact) mass is 344 g/mol. The summed E-state index contributed by atoms with van der Waals surface area (Å²) >= 11 is 0. The summed E-state index contributed by atoms with van der Waals surface area (Å²) in [6, 6.07) is 10.6. The van der Waals surface area contributed by atoms with Gasteiger partial charge in [0.2, 0.25) is 5.91 Å². The van der Waals surface area contributed by atoms with E-state index in [2.05, 4.69) is 0 Å². The summed E-state index contributed by atoms with van der Waals surface area (Å²) in [4.78, 5) is 14.6. The van der Waals surface area contributed by atoms with Crippen LogP contribution >= 0.6 is 0 Å². The molecule has 1 aliphatic rings. The van der Waals surface area contributed by atoms with E-state index in [9.17, 15) is 13.6 Å². The number of nitrogen functional groups attached to an aromatic ring is 1. The Morgan fingerprint density at radius 1 is 1.08 bits per heavy atom. The smallest absolute Gasteiger partial charge is 0.227 e. The Kier molecular flexibility index (Phi) is 5.31. The van der Waals surface area contributed by atoms with Gasteiger partial charge in [0.15, 0.2) is 0 Å². The van der Waals surface area contributed by atoms with Crippen LogP contribution in [0.3, 0.4) is 0 Å². The number of amides is 1. The Balaban J connectivity index is 1.80. The van der Waals surface area contributed by atoms with Gasteiger partial charge in [0.25, 0.3) is 0 Å². The van der Waals surface area contributed by atoms with Crippen molar-refractivity contribution in [3.63, 3.8) is 0 Å². The van der Waals surface area contributed by atoms with E-state index in [4.69, 9.17) is 5.73 Å². The number of hydrogen-bond donors (Lipinski definition) is 1. The number of carbonyl (C=O) groups is 1. The summed E-state index contributed by atoms with van der Waals surface area (Å²) in [5.74, 6) is -1.04. The van der Waals surface area contributed by atoms with Gasteiger partial charge >= 0.3 is 0 Å². The second-order valence-electron chi connectivity index (χ2n) is 6.61. The van der Waals surface area contributed by atoms with E-state index in [-0.39, 0.29) is 30.5 Å². The third kappa shape index (κ3) is 4.35. The Bertz CT molecular complexity index is 740. The third-order valence-corrected chi connectivity index (χ3v) is 4.77. The molecule has 0 atom stereocenters. The molecule has 0 aromatic heterocycles. The summed E-state index contributed by atoms with van der Waals surface area (Å²) in [6.07, 6.45) is 4.16. The average molecular weight is 344 g/mol. The zero-order chi connectivity index (χ0) is 17.8. The minimum absolute atomic E-state index is 0.0691. The van der Waals surface area contributed by atoms with Crippen LogP contribution in [0.2, 0.25) is 0 Å². The molecule has 3 rings (SSSR count). The number of nitrogens with two attached hydrogens (primary N) is 1. The van der Waals surface area contributed by atoms with Crippen molar-refractivity contribution in [1.82, 2.24) is 4.90 Å². The van der Waals surface area contributed by atoms with Gasteiger partial charge in [0.05, 0.1) is 6.42 Å². The number of rotatable bonds is 5. The standard InChI is InChI=1S/C20H22F2N2O/c21-16-7-10-19(22)15(12-16)13-24(18-3-1-2-4-18)20(25)11-14-5-8-17(23)9-6-14/h5-10,12,18H,1-4,11,13,23H2. The highest BCUT2D eigenvalue weighted by molar-refractivity contribution is 5.79. The van der Waals surface area contributed by atoms with E-state index >= 15 is 0 Å². The van der Waals surface area contributed by atoms with E-state index in [1.165, 1.54) is 6.07 Å². The van der Waals surface area contributed by atoms with Crippen LogP contribution < -0.4 is 5.73 Å². The largest absolute Gasteiger partial charge is 0.399 e. The van der Waals surface area contributed by atoms with Crippen molar-refractivity contribution in [3.8, 4) is 0 Å². The average Bonchev–Trinajstić information content (AvgIpc) is 3.11. The molecule has 0 bridgehead atoms. The normalized spacial score (nSPS) is 14.6. The van der Waals surface area contributed by atoms with Crippen LogP contribution in [-0.4, -0.2) is 16.8 Å². The minimum Gasteiger partial charge on any atom is -0.399 e. The Morgan fingerprint density at radius 3 is 2.44 bits per heavy atom. The summed E-state index contributed by atoms with van der Waals surface area (Å²) in [5, 5.41) is 0. The van der Waals surface area contributed by atoms with Crippen molar-refractivity contribution in [1.29, 1.82) is 0 Å². The number of nitrogens with zero attached hydrogens (tertiary/aromatic N) is 1. The molecule has 2 aromatic carbocycles. The Hall–Kier alpha value is -2.43. The van der Waals surface area contributed by atoms with Crippen LogP contribution in [0, 0.1) is 11.6 Å². The second kappa shape index (κ2) is 7.64. The van der Waals surface area contributed by atoms with Gasteiger partial charge in [-0.15, -0.1) is 0 Å². The van der Waals surface area contributed by atoms with Crippen LogP contribution in [0.5, 0.6) is 0 Å². The molecule has 0 heterocycles. The first-order valence-corrected chi connectivity index (χ1v) is 8.61. The van der Waals surface area contributed by atoms with Crippen LogP contribution in [0.15, 0.2) is 42.5 Å². The summed E-state index contributed by atoms with van der Waals surface area (Å²) in [7, 11) is 0. The summed E-state index contributed by atoms with van der Waals surface area (Å²) in [5.41, 5.74) is 7.40. The molecule has 25 heavy (non-hydrogen) atoms. The molecule has 2 N–H and O–H groups in total. The van der Waals surface area contributed by atoms with Crippen LogP contribution in [0.4, 0.5) is 14.5 Å². The molecule has 0 unspecified atom stereocenters. The number of carbonyl (C=O) groups excluding carboxylic acids is 1. The number of benzene rings is 2. The van der Waals surface area contributed by atoms with Crippen molar-refractivity contribution in [2.24, 2.45) is 0 Å². The zero-order valence-electron chi connectivity index (χ0n) is 14.1. The number of hydrogen-bond acceptors (Lipinski definition) is 2. The van der Waals surface area contributed by atoms with Gasteiger partial charge in [-0.25, -0.2) is 8.78 Å². The van der Waals surface area contributed by atoms with Crippen LogP contribution in [-0.2, 0) is 17.8 Å². The third-order valence-electron chi connectivity index (χ3n) is 4.77. The van der Waals surface area contributed by atoms with Gasteiger partial charge in [-0.1, -0.05) is 25.0 Å². The molecule has 0 spiro atoms. The fraction of sp³-hybridized carbons (Fsp3) is 0.350. The van der Waals surface area contributed by atoms with Crippen LogP contribution in [0.25, 0.3) is 0 Å². The second-order valence-corrected chi connectivity index (χ2v) is 6.61. The maximum atomic E-state index is 14.0. The maximum Gasteiger partial charge on any atom is 0.227 e. The molecule has 0 saturated heterocycles. The first-order valence-electron chi connectivity index (χ1n) is 8.61. The van der Waals surface area contributed by atoms with E-state index < -0.39 is 11.6 Å². The van der Waals surface area contributed by atoms with Gasteiger partial charge in [-0.05, 0) is 48.7 Å². The minimum atomic E-state index is -0.492. The van der Waals surface area contributed by atoms with E-state index in [0.717, 1.165) is 43.4 Å². The van der Waals surface area contributed by atoms with Gasteiger partial charge in [-0.3, -0.25) is 4.79 Å². The Morgan fingerprint density at radius 2 is 1.76 bits per heavy atom. The molecule has 1 aliphatic carbocycles. The first kappa shape index (κ1) is 17.4. The maximum absolute atomic E-state index is 14.0. The predicted octanol–water partition coefficient (Wildman–Crippen LogP) is 4.06. The summed E-state index contributed by atoms with van der Waals surface area (Å²) < 4.78 is 27.5. The lowest BCUT2D eigenvalue weighted by Gasteiger charge is -2.29. The predicted molar refractivity (Wildman–Crippen MR) is 93.7 cm³/mol. The quantitative estimate of drug-likeness (QED) is 0.832. The van der Waals surface area contributed by atoms with Gasteiger partial charge in [-0.2, -0.15) is 0 Å². The van der Waals surface area contributed by atoms with Crippen molar-refractivity contribution in [3.05, 3.63) is 65.2 Å². The molecule has 0 radical (unpaired) electrons. The molecular weight excluding hydrogens is 322 g/mol. The first-order chi connectivity index (χ1) is 12.0. The molecule has 1 saturated carbocycles. The SMILES string of the molecule is Nc1ccc(CC(=O)N(Cc2cc(F)ccc2F)C2CCCC2)cc1. The highest BCUT2D eigenvalue weighted by Crippen LogP contribution is 2.26. The molecule has 1 fully saturated rings. The highest BCUT2D eigenvalue weighted by Gasteiger charge is 2.27. The molecular formula is C20H22F2N2O. The molecule has 0 aliphatic heterocycles. The van der Waals surface area contributed by atoms with Gasteiger partial charge in [0.1, 0.15) is 11.6 Å². The molecule has 132 valence electrons. The lowest BCUT2D eigenvalue weighted by molar-refractivity contribution is -0.133. The van der Waals surface area contributed by atoms with Crippen molar-refractivity contribution < 1.29 is 13.6 Å². The zero-order valence-corrected chi connectivity index (χ0v) is 14.1. The lowest BCUT2D eigenvalue weighted by Crippen LogP contribution is -2.39. The fourth-order valence-corrected chi connectivity index (χ4v) is 3.40. The topological polar surface area (TPSA) is 46.3 Å². The Labute approximate surface area is 146 Å². The molecule has 3 nitrogen and oxygen atoms in total. The molecule has 2 aromatic rings. The van der Waals surface area contributed by atoms with Crippen molar-refractivity contribution >= 4 is 11.6 Å². The van der Waals surface area contributed by atoms with E-state index in [1.807, 2.05) is 12.1 Å². The number of anilines is 1. The summed E-state index contributed by atoms with van der Waals surface area (Å²) in [6.45, 7) is 0.0993. The lowest BCUT2D eigenvalue weighted by atomic mass is 10.1. The van der Waals surface area contributed by atoms with Crippen LogP contribution in [0.1, 0.15) is 36.8 Å². The van der Waals surface area contributed by atoms with Crippen molar-refractivity contribution in [2.75, 3.05) is 5.73 Å². The molecule has 1 amide bonds. The van der Waals surface area contributed by atoms with Gasteiger partial charge < -0.3 is 10.6 Å². The van der Waals surface area contributed by atoms with Gasteiger partial charge in [0, 0.05) is 23.8 Å². The number of halogens is 2. The molecule has 5 heteroatoms. The van der Waals surface area contributed by atoms with E-state index in [1.54, 1.807) is 17.0 Å².